The van der Waals surface area contributed by atoms with Crippen molar-refractivity contribution in [3.05, 3.63) is 23.8 Å². The molecule has 1 N–H and O–H groups in total. The first-order valence-corrected chi connectivity index (χ1v) is 6.67. The number of carboxylic acid groups (broad SMARTS) is 1. The second-order valence-electron chi connectivity index (χ2n) is 4.86. The lowest BCUT2D eigenvalue weighted by Gasteiger charge is -2.20. The van der Waals surface area contributed by atoms with Gasteiger partial charge in [-0.3, -0.25) is 9.59 Å². The predicted octanol–water partition coefficient (Wildman–Crippen LogP) is 1.27. The summed E-state index contributed by atoms with van der Waals surface area (Å²) in [5.74, 6) is -2.52. The van der Waals surface area contributed by atoms with Crippen molar-refractivity contribution in [1.82, 2.24) is 0 Å². The van der Waals surface area contributed by atoms with E-state index in [-0.39, 0.29) is 6.61 Å². The van der Waals surface area contributed by atoms with Gasteiger partial charge in [-0.15, -0.1) is 0 Å². The van der Waals surface area contributed by atoms with Gasteiger partial charge in [-0.05, 0) is 17.7 Å². The molecule has 0 unspecified atom stereocenters. The van der Waals surface area contributed by atoms with Crippen molar-refractivity contribution < 1.29 is 33.6 Å². The summed E-state index contributed by atoms with van der Waals surface area (Å²) >= 11 is 0. The first-order valence-electron chi connectivity index (χ1n) is 6.67. The number of carboxylic acids is 1. The Morgan fingerprint density at radius 1 is 1.18 bits per heavy atom. The summed E-state index contributed by atoms with van der Waals surface area (Å²) in [4.78, 5) is 23.3. The SMILES string of the molecule is COC(=O)[C@H]1[C@@H](C(=O)O)CO[C@H]1c1ccc(OC)c(OC)c1. The van der Waals surface area contributed by atoms with Gasteiger partial charge >= 0.3 is 11.9 Å². The van der Waals surface area contributed by atoms with Crippen molar-refractivity contribution in [3.8, 4) is 11.5 Å². The highest BCUT2D eigenvalue weighted by atomic mass is 16.5. The predicted molar refractivity (Wildman–Crippen MR) is 74.9 cm³/mol. The first-order chi connectivity index (χ1) is 10.5. The van der Waals surface area contributed by atoms with Crippen LogP contribution in [0, 0.1) is 11.8 Å². The molecule has 2 rings (SSSR count). The van der Waals surface area contributed by atoms with E-state index in [0.717, 1.165) is 0 Å². The highest BCUT2D eigenvalue weighted by Gasteiger charge is 2.47. The fraction of sp³-hybridized carbons (Fsp3) is 0.467. The molecular weight excluding hydrogens is 292 g/mol. The van der Waals surface area contributed by atoms with Gasteiger partial charge in [0.15, 0.2) is 11.5 Å². The zero-order chi connectivity index (χ0) is 16.3. The number of ether oxygens (including phenoxy) is 4. The molecule has 0 aromatic heterocycles. The smallest absolute Gasteiger partial charge is 0.312 e. The number of esters is 1. The molecule has 0 aliphatic carbocycles. The molecule has 1 saturated heterocycles. The Balaban J connectivity index is 2.38. The van der Waals surface area contributed by atoms with Crippen LogP contribution in [0.1, 0.15) is 11.7 Å². The van der Waals surface area contributed by atoms with Gasteiger partial charge in [0.25, 0.3) is 0 Å². The maximum absolute atomic E-state index is 12.0. The van der Waals surface area contributed by atoms with Gasteiger partial charge in [-0.1, -0.05) is 6.07 Å². The highest BCUT2D eigenvalue weighted by Crippen LogP contribution is 2.41. The van der Waals surface area contributed by atoms with Crippen LogP contribution in [0.4, 0.5) is 0 Å². The average molecular weight is 310 g/mol. The molecule has 1 aromatic rings. The highest BCUT2D eigenvalue weighted by molar-refractivity contribution is 5.82. The summed E-state index contributed by atoms with van der Waals surface area (Å²) in [6, 6.07) is 5.07. The van der Waals surface area contributed by atoms with Crippen LogP contribution in [0.5, 0.6) is 11.5 Å². The number of hydrogen-bond acceptors (Lipinski definition) is 6. The third kappa shape index (κ3) is 2.85. The van der Waals surface area contributed by atoms with Gasteiger partial charge in [0.1, 0.15) is 5.92 Å². The maximum Gasteiger partial charge on any atom is 0.312 e. The van der Waals surface area contributed by atoms with E-state index in [1.54, 1.807) is 18.2 Å². The second kappa shape index (κ2) is 6.65. The Bertz CT molecular complexity index is 569. The second-order valence-corrected chi connectivity index (χ2v) is 4.86. The number of aliphatic carboxylic acids is 1. The molecule has 1 fully saturated rings. The maximum atomic E-state index is 12.0. The Hall–Kier alpha value is -2.28. The van der Waals surface area contributed by atoms with Crippen LogP contribution >= 0.6 is 0 Å². The molecule has 0 spiro atoms. The normalized spacial score (nSPS) is 23.9. The van der Waals surface area contributed by atoms with Crippen LogP contribution in [0.25, 0.3) is 0 Å². The van der Waals surface area contributed by atoms with E-state index in [1.165, 1.54) is 21.3 Å². The lowest BCUT2D eigenvalue weighted by Crippen LogP contribution is -2.30. The van der Waals surface area contributed by atoms with Gasteiger partial charge in [0.2, 0.25) is 0 Å². The molecule has 0 bridgehead atoms. The molecule has 120 valence electrons. The molecule has 0 amide bonds. The minimum Gasteiger partial charge on any atom is -0.493 e. The molecule has 0 radical (unpaired) electrons. The fourth-order valence-electron chi connectivity index (χ4n) is 2.61. The summed E-state index contributed by atoms with van der Waals surface area (Å²) in [6.45, 7) is -0.0475. The minimum absolute atomic E-state index is 0.0475. The Morgan fingerprint density at radius 2 is 1.86 bits per heavy atom. The van der Waals surface area contributed by atoms with E-state index in [1.807, 2.05) is 0 Å². The molecule has 22 heavy (non-hydrogen) atoms. The largest absolute Gasteiger partial charge is 0.493 e. The van der Waals surface area contributed by atoms with Gasteiger partial charge in [-0.25, -0.2) is 0 Å². The first kappa shape index (κ1) is 16.1. The Labute approximate surface area is 127 Å². The molecule has 0 saturated carbocycles. The van der Waals surface area contributed by atoms with Crippen molar-refractivity contribution in [2.45, 2.75) is 6.10 Å². The van der Waals surface area contributed by atoms with Crippen LogP contribution < -0.4 is 9.47 Å². The van der Waals surface area contributed by atoms with Gasteiger partial charge in [-0.2, -0.15) is 0 Å². The Morgan fingerprint density at radius 3 is 2.41 bits per heavy atom. The summed E-state index contributed by atoms with van der Waals surface area (Å²) < 4.78 is 20.6. The third-order valence-electron chi connectivity index (χ3n) is 3.74. The van der Waals surface area contributed by atoms with E-state index in [0.29, 0.717) is 17.1 Å². The van der Waals surface area contributed by atoms with E-state index in [4.69, 9.17) is 18.9 Å². The van der Waals surface area contributed by atoms with E-state index >= 15 is 0 Å². The zero-order valence-corrected chi connectivity index (χ0v) is 12.6. The minimum atomic E-state index is -1.08. The van der Waals surface area contributed by atoms with Crippen molar-refractivity contribution >= 4 is 11.9 Å². The van der Waals surface area contributed by atoms with E-state index in [2.05, 4.69) is 0 Å². The Kier molecular flexibility index (Phi) is 4.87. The monoisotopic (exact) mass is 310 g/mol. The average Bonchev–Trinajstić information content (AvgIpc) is 2.98. The summed E-state index contributed by atoms with van der Waals surface area (Å²) in [5.41, 5.74) is 0.636. The summed E-state index contributed by atoms with van der Waals surface area (Å²) in [5, 5.41) is 9.24. The van der Waals surface area contributed by atoms with E-state index < -0.39 is 29.9 Å². The van der Waals surface area contributed by atoms with Crippen LogP contribution in [0.15, 0.2) is 18.2 Å². The van der Waals surface area contributed by atoms with Crippen LogP contribution in [0.3, 0.4) is 0 Å². The topological polar surface area (TPSA) is 91.3 Å². The number of carbonyl (C=O) groups is 2. The number of rotatable bonds is 5. The van der Waals surface area contributed by atoms with Gasteiger partial charge in [0, 0.05) is 0 Å². The molecule has 7 nitrogen and oxygen atoms in total. The van der Waals surface area contributed by atoms with Crippen molar-refractivity contribution in [2.75, 3.05) is 27.9 Å². The van der Waals surface area contributed by atoms with Crippen LogP contribution in [-0.4, -0.2) is 45.0 Å². The number of methoxy groups -OCH3 is 3. The number of benzene rings is 1. The lowest BCUT2D eigenvalue weighted by molar-refractivity contribution is -0.154. The van der Waals surface area contributed by atoms with Crippen molar-refractivity contribution in [1.29, 1.82) is 0 Å². The quantitative estimate of drug-likeness (QED) is 0.819. The molecule has 1 aliphatic heterocycles. The number of carbonyl (C=O) groups excluding carboxylic acids is 1. The van der Waals surface area contributed by atoms with Crippen LogP contribution in [-0.2, 0) is 19.1 Å². The third-order valence-corrected chi connectivity index (χ3v) is 3.74. The number of hydrogen-bond donors (Lipinski definition) is 1. The van der Waals surface area contributed by atoms with Crippen LogP contribution in [0.2, 0.25) is 0 Å². The molecule has 1 aromatic carbocycles. The lowest BCUT2D eigenvalue weighted by atomic mass is 9.87. The van der Waals surface area contributed by atoms with Gasteiger partial charge < -0.3 is 24.1 Å². The zero-order valence-electron chi connectivity index (χ0n) is 12.6. The molecule has 1 aliphatic rings. The molecular formula is C15H18O7. The fourth-order valence-corrected chi connectivity index (χ4v) is 2.61. The molecule has 1 heterocycles. The molecule has 3 atom stereocenters. The van der Waals surface area contributed by atoms with Crippen molar-refractivity contribution in [3.63, 3.8) is 0 Å². The van der Waals surface area contributed by atoms with E-state index in [9.17, 15) is 14.7 Å². The molecule has 7 heteroatoms. The summed E-state index contributed by atoms with van der Waals surface area (Å²) in [6.07, 6.45) is -0.701. The summed E-state index contributed by atoms with van der Waals surface area (Å²) in [7, 11) is 4.24. The van der Waals surface area contributed by atoms with Crippen molar-refractivity contribution in [2.24, 2.45) is 11.8 Å². The standard InChI is InChI=1S/C15H18O7/c1-19-10-5-4-8(6-11(10)20-2)13-12(15(18)21-3)9(7-22-13)14(16)17/h4-6,9,12-13H,7H2,1-3H3,(H,16,17)/t9-,12-,13-/m0/s1. The van der Waals surface area contributed by atoms with Gasteiger partial charge in [0.05, 0.1) is 40.0 Å².